The van der Waals surface area contributed by atoms with Crippen molar-refractivity contribution in [1.29, 1.82) is 0 Å². The van der Waals surface area contributed by atoms with Crippen LogP contribution in [0.25, 0.3) is 0 Å². The Kier molecular flexibility index (Phi) is 6.38. The summed E-state index contributed by atoms with van der Waals surface area (Å²) in [5.74, 6) is -0.825. The molecule has 0 saturated heterocycles. The predicted octanol–water partition coefficient (Wildman–Crippen LogP) is 3.20. The SMILES string of the molecule is CC(C)OC(C)(C)C(C)(C)NC(=O)C(C)(C)CC(C)(C)N1C(=O)C=CC1=O. The molecule has 1 heterocycles. The molecule has 1 rings (SSSR count). The number of imide groups is 1. The van der Waals surface area contributed by atoms with Gasteiger partial charge < -0.3 is 10.1 Å². The maximum atomic E-state index is 13.1. The Morgan fingerprint density at radius 3 is 1.85 bits per heavy atom. The standard InChI is InChI=1S/C21H36N2O4/c1-14(2)27-21(9,10)20(7,8)22-17(26)18(3,4)13-19(5,6)23-15(24)11-12-16(23)25/h11-12,14H,13H2,1-10H3,(H,22,26). The summed E-state index contributed by atoms with van der Waals surface area (Å²) in [6.07, 6.45) is 2.91. The number of rotatable bonds is 8. The maximum Gasteiger partial charge on any atom is 0.254 e. The van der Waals surface area contributed by atoms with Crippen molar-refractivity contribution in [3.05, 3.63) is 12.2 Å². The average Bonchev–Trinajstić information content (AvgIpc) is 2.75. The highest BCUT2D eigenvalue weighted by atomic mass is 16.5. The average molecular weight is 381 g/mol. The van der Waals surface area contributed by atoms with E-state index in [1.807, 2.05) is 69.2 Å². The molecule has 1 N–H and O–H groups in total. The molecule has 0 saturated carbocycles. The molecule has 0 aromatic rings. The van der Waals surface area contributed by atoms with Crippen LogP contribution in [0.15, 0.2) is 12.2 Å². The number of carbonyl (C=O) groups is 3. The number of ether oxygens (including phenoxy) is 1. The monoisotopic (exact) mass is 380 g/mol. The predicted molar refractivity (Wildman–Crippen MR) is 106 cm³/mol. The van der Waals surface area contributed by atoms with Gasteiger partial charge in [0.2, 0.25) is 5.91 Å². The number of nitrogens with zero attached hydrogens (tertiary/aromatic N) is 1. The van der Waals surface area contributed by atoms with Crippen molar-refractivity contribution in [3.63, 3.8) is 0 Å². The van der Waals surface area contributed by atoms with E-state index < -0.39 is 22.1 Å². The van der Waals surface area contributed by atoms with E-state index in [0.29, 0.717) is 6.42 Å². The van der Waals surface area contributed by atoms with Crippen LogP contribution >= 0.6 is 0 Å². The second-order valence-electron chi connectivity index (χ2n) is 9.97. The normalized spacial score (nSPS) is 16.5. The third-order valence-electron chi connectivity index (χ3n) is 5.37. The molecule has 6 nitrogen and oxygen atoms in total. The molecule has 1 aliphatic heterocycles. The smallest absolute Gasteiger partial charge is 0.254 e. The van der Waals surface area contributed by atoms with Gasteiger partial charge in [-0.1, -0.05) is 13.8 Å². The Balaban J connectivity index is 2.95. The molecular weight excluding hydrogens is 344 g/mol. The molecule has 0 spiro atoms. The topological polar surface area (TPSA) is 75.7 Å². The van der Waals surface area contributed by atoms with Crippen LogP contribution in [0.1, 0.15) is 75.7 Å². The Morgan fingerprint density at radius 2 is 1.44 bits per heavy atom. The molecule has 3 amide bonds. The summed E-state index contributed by atoms with van der Waals surface area (Å²) in [5, 5.41) is 3.11. The van der Waals surface area contributed by atoms with Gasteiger partial charge in [0.1, 0.15) is 0 Å². The largest absolute Gasteiger partial charge is 0.371 e. The van der Waals surface area contributed by atoms with Crippen molar-refractivity contribution in [2.75, 3.05) is 0 Å². The summed E-state index contributed by atoms with van der Waals surface area (Å²) in [5.41, 5.74) is -2.77. The van der Waals surface area contributed by atoms with Gasteiger partial charge in [-0.25, -0.2) is 0 Å². The van der Waals surface area contributed by atoms with Crippen LogP contribution in [-0.2, 0) is 19.1 Å². The van der Waals surface area contributed by atoms with Crippen LogP contribution in [0.5, 0.6) is 0 Å². The molecule has 0 atom stereocenters. The second kappa shape index (κ2) is 7.38. The lowest BCUT2D eigenvalue weighted by molar-refractivity contribution is -0.149. The number of carbonyl (C=O) groups excluding carboxylic acids is 3. The molecule has 0 unspecified atom stereocenters. The van der Waals surface area contributed by atoms with Crippen LogP contribution in [0.4, 0.5) is 0 Å². The van der Waals surface area contributed by atoms with E-state index in [1.165, 1.54) is 17.1 Å². The van der Waals surface area contributed by atoms with E-state index >= 15 is 0 Å². The van der Waals surface area contributed by atoms with Gasteiger partial charge in [0.15, 0.2) is 0 Å². The van der Waals surface area contributed by atoms with Gasteiger partial charge >= 0.3 is 0 Å². The number of hydrogen-bond acceptors (Lipinski definition) is 4. The minimum Gasteiger partial charge on any atom is -0.371 e. The lowest BCUT2D eigenvalue weighted by Gasteiger charge is -2.45. The van der Waals surface area contributed by atoms with Crippen molar-refractivity contribution >= 4 is 17.7 Å². The Bertz CT molecular complexity index is 625. The third kappa shape index (κ3) is 5.18. The van der Waals surface area contributed by atoms with Crippen molar-refractivity contribution in [1.82, 2.24) is 10.2 Å². The highest BCUT2D eigenvalue weighted by Gasteiger charge is 2.46. The van der Waals surface area contributed by atoms with Crippen molar-refractivity contribution in [3.8, 4) is 0 Å². The van der Waals surface area contributed by atoms with E-state index in [4.69, 9.17) is 4.74 Å². The van der Waals surface area contributed by atoms with Crippen LogP contribution in [0, 0.1) is 5.41 Å². The van der Waals surface area contributed by atoms with Gasteiger partial charge in [0.25, 0.3) is 11.8 Å². The number of amides is 3. The zero-order chi connectivity index (χ0) is 21.4. The highest BCUT2D eigenvalue weighted by Crippen LogP contribution is 2.35. The minimum atomic E-state index is -0.794. The molecule has 1 aliphatic rings. The minimum absolute atomic E-state index is 0.0304. The molecule has 0 fully saturated rings. The second-order valence-corrected chi connectivity index (χ2v) is 9.97. The molecule has 0 radical (unpaired) electrons. The Hall–Kier alpha value is -1.69. The summed E-state index contributed by atoms with van der Waals surface area (Å²) >= 11 is 0. The molecule has 0 aliphatic carbocycles. The highest BCUT2D eigenvalue weighted by molar-refractivity contribution is 6.13. The van der Waals surface area contributed by atoms with E-state index in [0.717, 1.165) is 0 Å². The first-order valence-electron chi connectivity index (χ1n) is 9.50. The van der Waals surface area contributed by atoms with Gasteiger partial charge in [0.05, 0.1) is 17.2 Å². The number of nitrogens with one attached hydrogen (secondary N) is 1. The summed E-state index contributed by atoms with van der Waals surface area (Å²) in [6, 6.07) is 0. The zero-order valence-electron chi connectivity index (χ0n) is 18.5. The summed E-state index contributed by atoms with van der Waals surface area (Å²) < 4.78 is 6.01. The fourth-order valence-electron chi connectivity index (χ4n) is 3.58. The van der Waals surface area contributed by atoms with Gasteiger partial charge in [0, 0.05) is 23.1 Å². The molecule has 0 bridgehead atoms. The Morgan fingerprint density at radius 1 is 1.00 bits per heavy atom. The summed E-state index contributed by atoms with van der Waals surface area (Å²) in [4.78, 5) is 38.4. The molecule has 0 aromatic carbocycles. The van der Waals surface area contributed by atoms with Gasteiger partial charge in [-0.3, -0.25) is 19.3 Å². The van der Waals surface area contributed by atoms with Crippen LogP contribution < -0.4 is 5.32 Å². The van der Waals surface area contributed by atoms with Gasteiger partial charge in [-0.05, 0) is 61.8 Å². The van der Waals surface area contributed by atoms with E-state index in [-0.39, 0.29) is 23.8 Å². The zero-order valence-corrected chi connectivity index (χ0v) is 18.5. The van der Waals surface area contributed by atoms with E-state index in [1.54, 1.807) is 0 Å². The van der Waals surface area contributed by atoms with E-state index in [9.17, 15) is 14.4 Å². The quantitative estimate of drug-likeness (QED) is 0.656. The first kappa shape index (κ1) is 23.3. The third-order valence-corrected chi connectivity index (χ3v) is 5.37. The fourth-order valence-corrected chi connectivity index (χ4v) is 3.58. The summed E-state index contributed by atoms with van der Waals surface area (Å²) in [6.45, 7) is 19.0. The number of hydrogen-bond donors (Lipinski definition) is 1. The van der Waals surface area contributed by atoms with Crippen molar-refractivity contribution < 1.29 is 19.1 Å². The van der Waals surface area contributed by atoms with Crippen molar-refractivity contribution in [2.45, 2.75) is 98.4 Å². The van der Waals surface area contributed by atoms with Crippen LogP contribution in [0.3, 0.4) is 0 Å². The molecule has 0 aromatic heterocycles. The van der Waals surface area contributed by atoms with Crippen molar-refractivity contribution in [2.24, 2.45) is 5.41 Å². The first-order chi connectivity index (χ1) is 11.9. The molecule has 27 heavy (non-hydrogen) atoms. The Labute approximate surface area is 163 Å². The van der Waals surface area contributed by atoms with Crippen LogP contribution in [0.2, 0.25) is 0 Å². The fraction of sp³-hybridized carbons (Fsp3) is 0.762. The molecule has 6 heteroatoms. The lowest BCUT2D eigenvalue weighted by atomic mass is 9.77. The lowest BCUT2D eigenvalue weighted by Crippen LogP contribution is -2.62. The van der Waals surface area contributed by atoms with E-state index in [2.05, 4.69) is 5.32 Å². The first-order valence-corrected chi connectivity index (χ1v) is 9.50. The van der Waals surface area contributed by atoms with Gasteiger partial charge in [-0.15, -0.1) is 0 Å². The van der Waals surface area contributed by atoms with Gasteiger partial charge in [-0.2, -0.15) is 0 Å². The molecular formula is C21H36N2O4. The summed E-state index contributed by atoms with van der Waals surface area (Å²) in [7, 11) is 0. The van der Waals surface area contributed by atoms with Crippen LogP contribution in [-0.4, -0.2) is 45.4 Å². The molecule has 154 valence electrons. The maximum absolute atomic E-state index is 13.1.